The normalized spacial score (nSPS) is 10.9. The fourth-order valence-electron chi connectivity index (χ4n) is 2.56. The van der Waals surface area contributed by atoms with Crippen LogP contribution < -0.4 is 14.8 Å². The number of benzene rings is 1. The van der Waals surface area contributed by atoms with E-state index in [-0.39, 0.29) is 17.4 Å². The van der Waals surface area contributed by atoms with E-state index in [9.17, 15) is 13.6 Å². The van der Waals surface area contributed by atoms with E-state index in [4.69, 9.17) is 4.74 Å². The molecule has 0 atom stereocenters. The first-order chi connectivity index (χ1) is 12.9. The lowest BCUT2D eigenvalue weighted by Crippen LogP contribution is -2.25. The molecule has 8 heteroatoms. The fourth-order valence-corrected chi connectivity index (χ4v) is 3.59. The third-order valence-electron chi connectivity index (χ3n) is 3.93. The minimum atomic E-state index is -2.93. The van der Waals surface area contributed by atoms with E-state index in [1.54, 1.807) is 12.1 Å². The molecule has 0 radical (unpaired) electrons. The number of aryl methyl sites for hydroxylation is 2. The summed E-state index contributed by atoms with van der Waals surface area (Å²) in [6, 6.07) is 4.82. The summed E-state index contributed by atoms with van der Waals surface area (Å²) in [4.78, 5) is 17.4. The number of carbonyl (C=O) groups is 1. The molecule has 0 spiro atoms. The van der Waals surface area contributed by atoms with E-state index in [1.807, 2.05) is 6.92 Å². The second-order valence-electron chi connectivity index (χ2n) is 6.00. The van der Waals surface area contributed by atoms with Crippen LogP contribution in [0.4, 0.5) is 8.78 Å². The van der Waals surface area contributed by atoms with Gasteiger partial charge in [-0.25, -0.2) is 4.98 Å². The van der Waals surface area contributed by atoms with Crippen LogP contribution in [0.2, 0.25) is 0 Å². The largest absolute Gasteiger partial charge is 0.493 e. The molecule has 0 aliphatic carbocycles. The van der Waals surface area contributed by atoms with Gasteiger partial charge in [0.25, 0.3) is 5.91 Å². The number of thiazole rings is 1. The molecule has 2 rings (SSSR count). The van der Waals surface area contributed by atoms with Crippen LogP contribution in [-0.4, -0.2) is 31.2 Å². The van der Waals surface area contributed by atoms with E-state index in [0.29, 0.717) is 17.8 Å². The van der Waals surface area contributed by atoms with Crippen LogP contribution in [0.5, 0.6) is 11.5 Å². The summed E-state index contributed by atoms with van der Waals surface area (Å²) in [6.45, 7) is 1.40. The van der Waals surface area contributed by atoms with Crippen LogP contribution in [0.15, 0.2) is 18.2 Å². The van der Waals surface area contributed by atoms with Crippen molar-refractivity contribution in [1.29, 1.82) is 0 Å². The van der Waals surface area contributed by atoms with Gasteiger partial charge in [0.1, 0.15) is 4.88 Å². The Bertz CT molecular complexity index is 765. The molecule has 2 aromatic rings. The number of aromatic nitrogens is 1. The van der Waals surface area contributed by atoms with Gasteiger partial charge < -0.3 is 14.8 Å². The Labute approximate surface area is 161 Å². The third-order valence-corrected chi connectivity index (χ3v) is 5.15. The number of nitrogens with zero attached hydrogens (tertiary/aromatic N) is 1. The van der Waals surface area contributed by atoms with Crippen LogP contribution in [0.25, 0.3) is 0 Å². The van der Waals surface area contributed by atoms with Crippen molar-refractivity contribution in [3.05, 3.63) is 39.3 Å². The number of hydrogen-bond donors (Lipinski definition) is 1. The average molecular weight is 398 g/mol. The minimum absolute atomic E-state index is 0.0183. The molecule has 0 fully saturated rings. The Kier molecular flexibility index (Phi) is 7.97. The second kappa shape index (κ2) is 10.2. The number of rotatable bonds is 10. The van der Waals surface area contributed by atoms with Gasteiger partial charge in [-0.3, -0.25) is 4.79 Å². The highest BCUT2D eigenvalue weighted by Gasteiger charge is 2.15. The van der Waals surface area contributed by atoms with Gasteiger partial charge in [0, 0.05) is 6.54 Å². The zero-order chi connectivity index (χ0) is 19.8. The summed E-state index contributed by atoms with van der Waals surface area (Å²) >= 11 is 1.42. The van der Waals surface area contributed by atoms with Gasteiger partial charge in [0.15, 0.2) is 11.5 Å². The molecule has 0 saturated carbocycles. The molecule has 0 aliphatic heterocycles. The SMILES string of the molecule is CCCCc1nc(C)c(C(=O)NCCc2ccc(OC)c(OC(F)F)c2)s1. The number of hydrogen-bond acceptors (Lipinski definition) is 5. The molecule has 1 amide bonds. The molecule has 0 aliphatic rings. The quantitative estimate of drug-likeness (QED) is 0.645. The van der Waals surface area contributed by atoms with Gasteiger partial charge in [-0.15, -0.1) is 11.3 Å². The first kappa shape index (κ1) is 21.1. The van der Waals surface area contributed by atoms with Crippen molar-refractivity contribution >= 4 is 17.2 Å². The number of amides is 1. The van der Waals surface area contributed by atoms with Crippen LogP contribution in [0.3, 0.4) is 0 Å². The molecule has 27 heavy (non-hydrogen) atoms. The first-order valence-electron chi connectivity index (χ1n) is 8.80. The van der Waals surface area contributed by atoms with Crippen LogP contribution in [0, 0.1) is 6.92 Å². The van der Waals surface area contributed by atoms with Crippen LogP contribution in [-0.2, 0) is 12.8 Å². The molecule has 1 aromatic heterocycles. The Morgan fingerprint density at radius 3 is 2.74 bits per heavy atom. The molecule has 148 valence electrons. The third kappa shape index (κ3) is 6.16. The van der Waals surface area contributed by atoms with Crippen LogP contribution >= 0.6 is 11.3 Å². The summed E-state index contributed by atoms with van der Waals surface area (Å²) in [5.41, 5.74) is 1.50. The van der Waals surface area contributed by atoms with Crippen molar-refractivity contribution in [1.82, 2.24) is 10.3 Å². The topological polar surface area (TPSA) is 60.5 Å². The van der Waals surface area contributed by atoms with Crippen LogP contribution in [0.1, 0.15) is 45.7 Å². The number of ether oxygens (including phenoxy) is 2. The Balaban J connectivity index is 1.94. The highest BCUT2D eigenvalue weighted by molar-refractivity contribution is 7.13. The number of alkyl halides is 2. The Morgan fingerprint density at radius 2 is 2.07 bits per heavy atom. The molecular weight excluding hydrogens is 374 g/mol. The number of nitrogens with one attached hydrogen (secondary N) is 1. The van der Waals surface area contributed by atoms with Gasteiger partial charge >= 0.3 is 6.61 Å². The Morgan fingerprint density at radius 1 is 1.30 bits per heavy atom. The number of halogens is 2. The highest BCUT2D eigenvalue weighted by Crippen LogP contribution is 2.29. The van der Waals surface area contributed by atoms with E-state index in [2.05, 4.69) is 22.0 Å². The molecule has 0 bridgehead atoms. The van der Waals surface area contributed by atoms with Crippen molar-refractivity contribution in [2.75, 3.05) is 13.7 Å². The Hall–Kier alpha value is -2.22. The lowest BCUT2D eigenvalue weighted by molar-refractivity contribution is -0.0512. The zero-order valence-electron chi connectivity index (χ0n) is 15.7. The minimum Gasteiger partial charge on any atom is -0.493 e. The predicted octanol–water partition coefficient (Wildman–Crippen LogP) is 4.38. The van der Waals surface area contributed by atoms with E-state index in [0.717, 1.165) is 35.5 Å². The van der Waals surface area contributed by atoms with Crippen molar-refractivity contribution < 1.29 is 23.0 Å². The molecule has 1 N–H and O–H groups in total. The standard InChI is InChI=1S/C19H24F2N2O3S/c1-4-5-6-16-23-12(2)17(27-16)18(24)22-10-9-13-7-8-14(25-3)15(11-13)26-19(20)21/h7-8,11,19H,4-6,9-10H2,1-3H3,(H,22,24). The maximum Gasteiger partial charge on any atom is 0.387 e. The maximum atomic E-state index is 12.5. The number of unbranched alkanes of at least 4 members (excludes halogenated alkanes) is 1. The second-order valence-corrected chi connectivity index (χ2v) is 7.08. The monoisotopic (exact) mass is 398 g/mol. The molecule has 1 aromatic carbocycles. The van der Waals surface area contributed by atoms with E-state index in [1.165, 1.54) is 24.5 Å². The summed E-state index contributed by atoms with van der Waals surface area (Å²) in [7, 11) is 1.39. The molecule has 0 unspecified atom stereocenters. The predicted molar refractivity (Wildman–Crippen MR) is 101 cm³/mol. The van der Waals surface area contributed by atoms with Crippen molar-refractivity contribution in [3.8, 4) is 11.5 Å². The highest BCUT2D eigenvalue weighted by atomic mass is 32.1. The number of carbonyl (C=O) groups excluding carboxylic acids is 1. The average Bonchev–Trinajstić information content (AvgIpc) is 3.00. The summed E-state index contributed by atoms with van der Waals surface area (Å²) in [5, 5.41) is 3.83. The van der Waals surface area contributed by atoms with Gasteiger partial charge in [-0.1, -0.05) is 19.4 Å². The molecule has 1 heterocycles. The van der Waals surface area contributed by atoms with Gasteiger partial charge in [0.2, 0.25) is 0 Å². The number of methoxy groups -OCH3 is 1. The molecule has 0 saturated heterocycles. The van der Waals surface area contributed by atoms with Crippen molar-refractivity contribution in [3.63, 3.8) is 0 Å². The van der Waals surface area contributed by atoms with Gasteiger partial charge in [-0.05, 0) is 43.9 Å². The summed E-state index contributed by atoms with van der Waals surface area (Å²) in [6.07, 6.45) is 3.50. The lowest BCUT2D eigenvalue weighted by Gasteiger charge is -2.11. The lowest BCUT2D eigenvalue weighted by atomic mass is 10.1. The fraction of sp³-hybridized carbons (Fsp3) is 0.474. The maximum absolute atomic E-state index is 12.5. The van der Waals surface area contributed by atoms with Crippen molar-refractivity contribution in [2.45, 2.75) is 46.1 Å². The first-order valence-corrected chi connectivity index (χ1v) is 9.62. The van der Waals surface area contributed by atoms with Gasteiger partial charge in [0.05, 0.1) is 17.8 Å². The van der Waals surface area contributed by atoms with Gasteiger partial charge in [-0.2, -0.15) is 8.78 Å². The van der Waals surface area contributed by atoms with E-state index < -0.39 is 6.61 Å². The zero-order valence-corrected chi connectivity index (χ0v) is 16.5. The van der Waals surface area contributed by atoms with Crippen molar-refractivity contribution in [2.24, 2.45) is 0 Å². The van der Waals surface area contributed by atoms with E-state index >= 15 is 0 Å². The molecule has 5 nitrogen and oxygen atoms in total. The summed E-state index contributed by atoms with van der Waals surface area (Å²) in [5.74, 6) is 0.0588. The summed E-state index contributed by atoms with van der Waals surface area (Å²) < 4.78 is 34.5. The molecular formula is C19H24F2N2O3S. The smallest absolute Gasteiger partial charge is 0.387 e.